The van der Waals surface area contributed by atoms with E-state index in [1.165, 1.54) is 19.9 Å². The van der Waals surface area contributed by atoms with Gasteiger partial charge in [-0.15, -0.1) is 11.3 Å². The number of urea groups is 1. The molecule has 1 aromatic carbocycles. The molecule has 2 fully saturated rings. The van der Waals surface area contributed by atoms with Crippen LogP contribution in [0.3, 0.4) is 0 Å². The normalized spacial score (nSPS) is 19.1. The van der Waals surface area contributed by atoms with Crippen LogP contribution in [0.5, 0.6) is 0 Å². The highest BCUT2D eigenvalue weighted by molar-refractivity contribution is 7.19. The van der Waals surface area contributed by atoms with E-state index >= 15 is 0 Å². The van der Waals surface area contributed by atoms with Gasteiger partial charge in [0.15, 0.2) is 0 Å². The van der Waals surface area contributed by atoms with Crippen molar-refractivity contribution < 1.29 is 9.59 Å². The van der Waals surface area contributed by atoms with Gasteiger partial charge in [-0.3, -0.25) is 19.6 Å². The smallest absolute Gasteiger partial charge is 0.310 e. The topological polar surface area (TPSA) is 56.8 Å². The lowest BCUT2D eigenvalue weighted by Crippen LogP contribution is -2.56. The van der Waals surface area contributed by atoms with Crippen LogP contribution in [-0.4, -0.2) is 56.8 Å². The monoisotopic (exact) mass is 434 g/mol. The SMILES string of the molecule is CCN1C(=O)N(Cc2ccccn2)C(=O)C12CCN(Cc1cc3ccccc3s1)CC2. The quantitative estimate of drug-likeness (QED) is 0.567. The second-order valence-electron chi connectivity index (χ2n) is 8.30. The van der Waals surface area contributed by atoms with Gasteiger partial charge in [-0.25, -0.2) is 4.79 Å². The van der Waals surface area contributed by atoms with Gasteiger partial charge in [-0.05, 0) is 49.4 Å². The van der Waals surface area contributed by atoms with Crippen molar-refractivity contribution in [3.8, 4) is 0 Å². The number of hydrogen-bond acceptors (Lipinski definition) is 5. The number of fused-ring (bicyclic) bond motifs is 1. The second kappa shape index (κ2) is 8.05. The zero-order valence-corrected chi connectivity index (χ0v) is 18.5. The van der Waals surface area contributed by atoms with Gasteiger partial charge in [0.05, 0.1) is 12.2 Å². The van der Waals surface area contributed by atoms with Crippen LogP contribution < -0.4 is 0 Å². The number of likely N-dealkylation sites (N-methyl/N-ethyl adjacent to an activating group) is 1. The molecule has 2 aliphatic heterocycles. The molecule has 0 N–H and O–H groups in total. The van der Waals surface area contributed by atoms with Gasteiger partial charge in [-0.2, -0.15) is 0 Å². The summed E-state index contributed by atoms with van der Waals surface area (Å²) in [5.41, 5.74) is 0.0246. The van der Waals surface area contributed by atoms with Crippen molar-refractivity contribution >= 4 is 33.4 Å². The molecule has 0 bridgehead atoms. The van der Waals surface area contributed by atoms with Gasteiger partial charge >= 0.3 is 6.03 Å². The molecule has 2 aromatic heterocycles. The number of hydrogen-bond donors (Lipinski definition) is 0. The molecule has 7 heteroatoms. The molecular formula is C24H26N4O2S. The van der Waals surface area contributed by atoms with Crippen LogP contribution in [0.25, 0.3) is 10.1 Å². The first-order valence-electron chi connectivity index (χ1n) is 10.8. The van der Waals surface area contributed by atoms with Crippen LogP contribution in [0.4, 0.5) is 4.79 Å². The largest absolute Gasteiger partial charge is 0.328 e. The number of imide groups is 1. The third-order valence-electron chi connectivity index (χ3n) is 6.52. The van der Waals surface area contributed by atoms with Gasteiger partial charge in [0.25, 0.3) is 5.91 Å². The fourth-order valence-electron chi connectivity index (χ4n) is 4.91. The molecule has 2 saturated heterocycles. The molecule has 0 saturated carbocycles. The highest BCUT2D eigenvalue weighted by Gasteiger charge is 2.57. The fourth-order valence-corrected chi connectivity index (χ4v) is 6.02. The average molecular weight is 435 g/mol. The molecule has 4 heterocycles. The zero-order chi connectivity index (χ0) is 21.4. The van der Waals surface area contributed by atoms with Crippen LogP contribution in [0.15, 0.2) is 54.7 Å². The number of aromatic nitrogens is 1. The zero-order valence-electron chi connectivity index (χ0n) is 17.7. The second-order valence-corrected chi connectivity index (χ2v) is 9.47. The number of pyridine rings is 1. The Morgan fingerprint density at radius 2 is 1.81 bits per heavy atom. The van der Waals surface area contributed by atoms with Crippen LogP contribution >= 0.6 is 11.3 Å². The van der Waals surface area contributed by atoms with Crippen LogP contribution in [0.2, 0.25) is 0 Å². The molecular weight excluding hydrogens is 408 g/mol. The highest BCUT2D eigenvalue weighted by atomic mass is 32.1. The van der Waals surface area contributed by atoms with Gasteiger partial charge in [-0.1, -0.05) is 24.3 Å². The van der Waals surface area contributed by atoms with Gasteiger partial charge < -0.3 is 4.90 Å². The third kappa shape index (κ3) is 3.51. The van der Waals surface area contributed by atoms with E-state index in [2.05, 4.69) is 40.2 Å². The van der Waals surface area contributed by atoms with Crippen LogP contribution in [-0.2, 0) is 17.9 Å². The van der Waals surface area contributed by atoms with Crippen LogP contribution in [0, 0.1) is 0 Å². The number of amides is 3. The van der Waals surface area contributed by atoms with E-state index in [1.54, 1.807) is 11.1 Å². The van der Waals surface area contributed by atoms with Crippen molar-refractivity contribution in [1.29, 1.82) is 0 Å². The minimum absolute atomic E-state index is 0.0634. The van der Waals surface area contributed by atoms with E-state index in [0.717, 1.165) is 25.3 Å². The van der Waals surface area contributed by atoms with Crippen molar-refractivity contribution in [1.82, 2.24) is 19.7 Å². The molecule has 2 aliphatic rings. The van der Waals surface area contributed by atoms with Crippen molar-refractivity contribution in [2.45, 2.75) is 38.4 Å². The predicted octanol–water partition coefficient (Wildman–Crippen LogP) is 4.12. The number of thiophene rings is 1. The maximum Gasteiger partial charge on any atom is 0.328 e. The predicted molar refractivity (Wildman–Crippen MR) is 122 cm³/mol. The first kappa shape index (κ1) is 20.2. The summed E-state index contributed by atoms with van der Waals surface area (Å²) in [6.45, 7) is 5.24. The summed E-state index contributed by atoms with van der Waals surface area (Å²) in [5, 5.41) is 1.29. The third-order valence-corrected chi connectivity index (χ3v) is 7.62. The van der Waals surface area contributed by atoms with Crippen molar-refractivity contribution in [2.24, 2.45) is 0 Å². The molecule has 6 nitrogen and oxygen atoms in total. The number of piperidine rings is 1. The van der Waals surface area contributed by atoms with Gasteiger partial charge in [0, 0.05) is 42.0 Å². The van der Waals surface area contributed by atoms with E-state index in [-0.39, 0.29) is 18.5 Å². The summed E-state index contributed by atoms with van der Waals surface area (Å²) in [4.78, 5) is 37.8. The number of likely N-dealkylation sites (tertiary alicyclic amines) is 1. The molecule has 31 heavy (non-hydrogen) atoms. The lowest BCUT2D eigenvalue weighted by molar-refractivity contribution is -0.136. The Labute approximate surface area is 186 Å². The number of carbonyl (C=O) groups excluding carboxylic acids is 2. The lowest BCUT2D eigenvalue weighted by Gasteiger charge is -2.41. The standard InChI is InChI=1S/C24H26N4O2S/c1-2-28-23(30)27(16-19-8-5-6-12-25-19)22(29)24(28)10-13-26(14-11-24)17-20-15-18-7-3-4-9-21(18)31-20/h3-9,12,15H,2,10-11,13-14,16-17H2,1H3. The molecule has 5 rings (SSSR count). The first-order valence-corrected chi connectivity index (χ1v) is 11.7. The summed E-state index contributed by atoms with van der Waals surface area (Å²) in [5.74, 6) is -0.0634. The molecule has 0 atom stereocenters. The Bertz CT molecular complexity index is 1070. The lowest BCUT2D eigenvalue weighted by atomic mass is 9.85. The van der Waals surface area contributed by atoms with Crippen molar-refractivity contribution in [2.75, 3.05) is 19.6 Å². The number of nitrogens with zero attached hydrogens (tertiary/aromatic N) is 4. The maximum atomic E-state index is 13.5. The Kier molecular flexibility index (Phi) is 5.24. The number of rotatable bonds is 5. The van der Waals surface area contributed by atoms with E-state index in [9.17, 15) is 9.59 Å². The van der Waals surface area contributed by atoms with Crippen molar-refractivity contribution in [3.05, 3.63) is 65.3 Å². The minimum Gasteiger partial charge on any atom is -0.310 e. The summed E-state index contributed by atoms with van der Waals surface area (Å²) < 4.78 is 1.31. The summed E-state index contributed by atoms with van der Waals surface area (Å²) in [6.07, 6.45) is 3.05. The summed E-state index contributed by atoms with van der Waals surface area (Å²) in [6, 6.07) is 16.1. The molecule has 0 radical (unpaired) electrons. The maximum absolute atomic E-state index is 13.5. The Morgan fingerprint density at radius 1 is 1.03 bits per heavy atom. The van der Waals surface area contributed by atoms with E-state index < -0.39 is 5.54 Å². The number of carbonyl (C=O) groups is 2. The molecule has 3 aromatic rings. The van der Waals surface area contributed by atoms with Crippen LogP contribution in [0.1, 0.15) is 30.3 Å². The molecule has 3 amide bonds. The van der Waals surface area contributed by atoms with E-state index in [1.807, 2.05) is 36.5 Å². The fraction of sp³-hybridized carbons (Fsp3) is 0.375. The molecule has 0 unspecified atom stereocenters. The molecule has 0 aliphatic carbocycles. The van der Waals surface area contributed by atoms with Gasteiger partial charge in [0.2, 0.25) is 0 Å². The average Bonchev–Trinajstić information content (AvgIpc) is 3.28. The first-order chi connectivity index (χ1) is 15.1. The Balaban J connectivity index is 1.30. The Hall–Kier alpha value is -2.77. The van der Waals surface area contributed by atoms with E-state index in [0.29, 0.717) is 19.4 Å². The Morgan fingerprint density at radius 3 is 2.52 bits per heavy atom. The van der Waals surface area contributed by atoms with Crippen molar-refractivity contribution in [3.63, 3.8) is 0 Å². The molecule has 160 valence electrons. The minimum atomic E-state index is -0.711. The van der Waals surface area contributed by atoms with Gasteiger partial charge in [0.1, 0.15) is 5.54 Å². The number of benzene rings is 1. The summed E-state index contributed by atoms with van der Waals surface area (Å²) >= 11 is 1.83. The van der Waals surface area contributed by atoms with E-state index in [4.69, 9.17) is 0 Å². The highest BCUT2D eigenvalue weighted by Crippen LogP contribution is 2.38. The molecule has 1 spiro atoms. The summed E-state index contributed by atoms with van der Waals surface area (Å²) in [7, 11) is 0.